The zero-order valence-electron chi connectivity index (χ0n) is 5.44. The average Bonchev–Trinajstić information content (AvgIpc) is 1.93. The first-order chi connectivity index (χ1) is 4.41. The molecule has 1 aromatic heterocycles. The van der Waals surface area contributed by atoms with E-state index in [0.29, 0.717) is 0 Å². The summed E-state index contributed by atoms with van der Waals surface area (Å²) in [6.45, 7) is 0. The van der Waals surface area contributed by atoms with Crippen LogP contribution in [0.25, 0.3) is 0 Å². The molecule has 0 atom stereocenters. The van der Waals surface area contributed by atoms with E-state index in [1.807, 2.05) is 18.2 Å². The first kappa shape index (κ1) is 17.3. The Kier molecular flexibility index (Phi) is 26.0. The number of hydrogen-bond acceptors (Lipinski definition) is 3. The van der Waals surface area contributed by atoms with Gasteiger partial charge in [0.2, 0.25) is 0 Å². The third kappa shape index (κ3) is 17.8. The van der Waals surface area contributed by atoms with Gasteiger partial charge in [0, 0.05) is 12.4 Å². The molecule has 0 amide bonds. The van der Waals surface area contributed by atoms with Crippen LogP contribution in [-0.4, -0.2) is 57.8 Å². The van der Waals surface area contributed by atoms with Gasteiger partial charge in [0.25, 0.3) is 0 Å². The van der Waals surface area contributed by atoms with E-state index in [9.17, 15) is 0 Å². The summed E-state index contributed by atoms with van der Waals surface area (Å²) in [5, 5.41) is 14.2. The van der Waals surface area contributed by atoms with E-state index in [4.69, 9.17) is 10.0 Å². The second kappa shape index (κ2) is 16.6. The van der Waals surface area contributed by atoms with Crippen LogP contribution in [0.2, 0.25) is 0 Å². The summed E-state index contributed by atoms with van der Waals surface area (Å²) in [5.74, 6) is 0. The van der Waals surface area contributed by atoms with E-state index >= 15 is 0 Å². The summed E-state index contributed by atoms with van der Waals surface area (Å²) in [4.78, 5) is 3.78. The van der Waals surface area contributed by atoms with Gasteiger partial charge in [-0.2, -0.15) is 0 Å². The molecule has 0 unspecified atom stereocenters. The maximum absolute atomic E-state index is 7.12. The van der Waals surface area contributed by atoms with E-state index in [2.05, 4.69) is 4.98 Å². The normalized spacial score (nSPS) is 5.64. The fourth-order valence-corrected chi connectivity index (χ4v) is 0.313. The molecule has 6 heteroatoms. The van der Waals surface area contributed by atoms with Gasteiger partial charge in [0.1, 0.15) is 0 Å². The van der Waals surface area contributed by atoms with Crippen molar-refractivity contribution < 1.29 is 15.5 Å². The summed E-state index contributed by atoms with van der Waals surface area (Å²) >= 11 is 0. The Balaban J connectivity index is -0.000000116. The molecule has 0 saturated carbocycles. The fourth-order valence-electron chi connectivity index (χ4n) is 0.313. The molecular formula is C5H11BNNaO3. The minimum atomic E-state index is -0.750. The van der Waals surface area contributed by atoms with Crippen molar-refractivity contribution in [2.45, 2.75) is 0 Å². The van der Waals surface area contributed by atoms with Crippen molar-refractivity contribution in [2.75, 3.05) is 0 Å². The van der Waals surface area contributed by atoms with Crippen molar-refractivity contribution in [2.24, 2.45) is 0 Å². The second-order valence-electron chi connectivity index (χ2n) is 1.17. The topological polar surface area (TPSA) is 84.9 Å². The van der Waals surface area contributed by atoms with Crippen molar-refractivity contribution in [1.82, 2.24) is 4.98 Å². The zero-order valence-corrected chi connectivity index (χ0v) is 5.44. The van der Waals surface area contributed by atoms with Gasteiger partial charge in [-0.3, -0.25) is 4.98 Å². The monoisotopic (exact) mass is 167 g/mol. The predicted octanol–water partition coefficient (Wildman–Crippen LogP) is -2.15. The van der Waals surface area contributed by atoms with Crippen LogP contribution in [0, 0.1) is 0 Å². The SMILES string of the molecule is O.OBO.[NaH].c1ccncc1. The summed E-state index contributed by atoms with van der Waals surface area (Å²) in [6, 6.07) is 5.72. The molecular weight excluding hydrogens is 156 g/mol. The van der Waals surface area contributed by atoms with Gasteiger partial charge in [-0.05, 0) is 12.1 Å². The van der Waals surface area contributed by atoms with Gasteiger partial charge in [-0.25, -0.2) is 0 Å². The van der Waals surface area contributed by atoms with Crippen molar-refractivity contribution in [3.05, 3.63) is 30.6 Å². The largest absolute Gasteiger partial charge is 0.265 e. The van der Waals surface area contributed by atoms with Gasteiger partial charge in [0.05, 0.1) is 0 Å². The van der Waals surface area contributed by atoms with E-state index in [0.717, 1.165) is 0 Å². The standard InChI is InChI=1S/C5H5N.BH3O2.Na.H2O.H/c1-2-4-6-5-3-1;2-1-3;;;/h1-5H;1-3H;;1H2;. The van der Waals surface area contributed by atoms with Crippen molar-refractivity contribution in [3.63, 3.8) is 0 Å². The third-order valence-electron chi connectivity index (χ3n) is 0.566. The molecule has 11 heavy (non-hydrogen) atoms. The molecule has 0 saturated heterocycles. The molecule has 0 aromatic carbocycles. The smallest absolute Gasteiger partial charge is 0.0267 e. The molecule has 0 aliphatic heterocycles. The molecule has 0 aliphatic rings. The van der Waals surface area contributed by atoms with E-state index in [-0.39, 0.29) is 35.0 Å². The van der Waals surface area contributed by atoms with Crippen LogP contribution in [0.5, 0.6) is 0 Å². The maximum Gasteiger partial charge on any atom is 0.0267 e. The van der Waals surface area contributed by atoms with Crippen molar-refractivity contribution in [1.29, 1.82) is 0 Å². The van der Waals surface area contributed by atoms with Gasteiger partial charge >= 0.3 is 37.2 Å². The Morgan fingerprint density at radius 3 is 1.45 bits per heavy atom. The second-order valence-corrected chi connectivity index (χ2v) is 1.17. The third-order valence-corrected chi connectivity index (χ3v) is 0.566. The van der Waals surface area contributed by atoms with E-state index in [1.165, 1.54) is 0 Å². The summed E-state index contributed by atoms with van der Waals surface area (Å²) in [6.07, 6.45) is 3.50. The Hall–Kier alpha value is 0.0949. The molecule has 0 aliphatic carbocycles. The van der Waals surface area contributed by atoms with Crippen LogP contribution in [0.4, 0.5) is 0 Å². The Morgan fingerprint density at radius 1 is 1.00 bits per heavy atom. The average molecular weight is 167 g/mol. The Morgan fingerprint density at radius 2 is 1.36 bits per heavy atom. The maximum atomic E-state index is 7.12. The number of pyridine rings is 1. The van der Waals surface area contributed by atoms with Gasteiger partial charge < -0.3 is 15.5 Å². The van der Waals surface area contributed by atoms with Crippen LogP contribution < -0.4 is 0 Å². The molecule has 4 N–H and O–H groups in total. The first-order valence-corrected chi connectivity index (χ1v) is 2.48. The molecule has 1 aromatic rings. The van der Waals surface area contributed by atoms with E-state index in [1.54, 1.807) is 12.4 Å². The molecule has 0 radical (unpaired) electrons. The van der Waals surface area contributed by atoms with Crippen molar-refractivity contribution >= 4 is 37.2 Å². The Labute approximate surface area is 88.2 Å². The summed E-state index contributed by atoms with van der Waals surface area (Å²) in [5.41, 5.74) is 0. The zero-order chi connectivity index (χ0) is 6.95. The van der Waals surface area contributed by atoms with Crippen LogP contribution in [0.15, 0.2) is 30.6 Å². The first-order valence-electron chi connectivity index (χ1n) is 2.48. The van der Waals surface area contributed by atoms with Crippen LogP contribution in [0.3, 0.4) is 0 Å². The van der Waals surface area contributed by atoms with Crippen molar-refractivity contribution in [3.8, 4) is 0 Å². The van der Waals surface area contributed by atoms with Gasteiger partial charge in [0.15, 0.2) is 0 Å². The predicted molar refractivity (Wildman–Crippen MR) is 46.6 cm³/mol. The molecule has 1 rings (SSSR count). The quantitative estimate of drug-likeness (QED) is 0.431. The van der Waals surface area contributed by atoms with Gasteiger partial charge in [-0.1, -0.05) is 6.07 Å². The van der Waals surface area contributed by atoms with Crippen LogP contribution in [0.1, 0.15) is 0 Å². The number of aromatic nitrogens is 1. The molecule has 0 bridgehead atoms. The van der Waals surface area contributed by atoms with Crippen LogP contribution >= 0.6 is 0 Å². The number of hydrogen-bond donors (Lipinski definition) is 2. The summed E-state index contributed by atoms with van der Waals surface area (Å²) in [7, 11) is -0.750. The summed E-state index contributed by atoms with van der Waals surface area (Å²) < 4.78 is 0. The van der Waals surface area contributed by atoms with Crippen LogP contribution in [-0.2, 0) is 0 Å². The molecule has 0 fully saturated rings. The fraction of sp³-hybridized carbons (Fsp3) is 0. The minimum absolute atomic E-state index is 0. The Bertz CT molecular complexity index is 105. The molecule has 58 valence electrons. The number of nitrogens with zero attached hydrogens (tertiary/aromatic N) is 1. The minimum Gasteiger partial charge on any atom is -0.265 e. The molecule has 1 heterocycles. The number of rotatable bonds is 0. The molecule has 0 spiro atoms. The molecule has 4 nitrogen and oxygen atoms in total. The van der Waals surface area contributed by atoms with E-state index < -0.39 is 7.69 Å². The van der Waals surface area contributed by atoms with Gasteiger partial charge in [-0.15, -0.1) is 0 Å².